The lowest BCUT2D eigenvalue weighted by Crippen LogP contribution is -2.19. The Labute approximate surface area is 155 Å². The van der Waals surface area contributed by atoms with Crippen LogP contribution in [0.15, 0.2) is 30.7 Å². The summed E-state index contributed by atoms with van der Waals surface area (Å²) in [6.07, 6.45) is 2.45. The summed E-state index contributed by atoms with van der Waals surface area (Å²) in [6.45, 7) is 5.49. The molecule has 3 aromatic rings. The van der Waals surface area contributed by atoms with Crippen LogP contribution in [0.5, 0.6) is 5.75 Å². The highest BCUT2D eigenvalue weighted by molar-refractivity contribution is 5.69. The number of benzene rings is 1. The predicted octanol–water partition coefficient (Wildman–Crippen LogP) is 2.55. The topological polar surface area (TPSA) is 107 Å². The SMILES string of the molecule is CC(C)n1ncnc1-c1cn2c(n1)-c1ccc(CNC(=O)O)cc1OCC2. The van der Waals surface area contributed by atoms with Crippen LogP contribution in [-0.4, -0.2) is 42.1 Å². The number of rotatable bonds is 4. The van der Waals surface area contributed by atoms with Gasteiger partial charge in [0.15, 0.2) is 5.82 Å². The van der Waals surface area contributed by atoms with Gasteiger partial charge in [0.2, 0.25) is 0 Å². The van der Waals surface area contributed by atoms with Gasteiger partial charge < -0.3 is 19.7 Å². The largest absolute Gasteiger partial charge is 0.491 e. The fourth-order valence-electron chi connectivity index (χ4n) is 3.13. The Morgan fingerprint density at radius 3 is 3.00 bits per heavy atom. The van der Waals surface area contributed by atoms with Crippen molar-refractivity contribution in [1.29, 1.82) is 0 Å². The van der Waals surface area contributed by atoms with E-state index in [0.29, 0.717) is 18.9 Å². The van der Waals surface area contributed by atoms with Crippen molar-refractivity contribution in [2.75, 3.05) is 6.61 Å². The Morgan fingerprint density at radius 2 is 2.22 bits per heavy atom. The maximum Gasteiger partial charge on any atom is 0.404 e. The average Bonchev–Trinajstić information content (AvgIpc) is 3.24. The standard InChI is InChI=1S/C18H20N6O3/c1-11(2)24-17(20-10-21-24)14-9-23-5-6-27-15-7-12(8-19-18(25)26)3-4-13(15)16(23)22-14/h3-4,7,9-11,19H,5-6,8H2,1-2H3,(H,25,26). The minimum Gasteiger partial charge on any atom is -0.491 e. The van der Waals surface area contributed by atoms with Gasteiger partial charge in [-0.1, -0.05) is 6.07 Å². The molecular formula is C18H20N6O3. The first-order chi connectivity index (χ1) is 13.0. The van der Waals surface area contributed by atoms with Gasteiger partial charge in [0.1, 0.15) is 30.2 Å². The van der Waals surface area contributed by atoms with Gasteiger partial charge in [0, 0.05) is 18.8 Å². The zero-order valence-corrected chi connectivity index (χ0v) is 15.1. The van der Waals surface area contributed by atoms with Crippen molar-refractivity contribution in [2.24, 2.45) is 0 Å². The number of ether oxygens (including phenoxy) is 1. The second kappa shape index (κ2) is 6.75. The molecule has 27 heavy (non-hydrogen) atoms. The van der Waals surface area contributed by atoms with Gasteiger partial charge in [-0.05, 0) is 31.5 Å². The van der Waals surface area contributed by atoms with Crippen molar-refractivity contribution in [1.82, 2.24) is 29.6 Å². The second-order valence-electron chi connectivity index (χ2n) is 6.60. The lowest BCUT2D eigenvalue weighted by Gasteiger charge is -2.09. The molecule has 0 aliphatic carbocycles. The Morgan fingerprint density at radius 1 is 1.37 bits per heavy atom. The quantitative estimate of drug-likeness (QED) is 0.733. The van der Waals surface area contributed by atoms with Gasteiger partial charge in [-0.25, -0.2) is 19.4 Å². The first-order valence-corrected chi connectivity index (χ1v) is 8.73. The zero-order chi connectivity index (χ0) is 19.0. The minimum atomic E-state index is -1.06. The predicted molar refractivity (Wildman–Crippen MR) is 97.4 cm³/mol. The number of aromatic nitrogens is 5. The second-order valence-corrected chi connectivity index (χ2v) is 6.60. The van der Waals surface area contributed by atoms with Crippen LogP contribution in [0.1, 0.15) is 25.5 Å². The highest BCUT2D eigenvalue weighted by atomic mass is 16.5. The number of hydrogen-bond acceptors (Lipinski definition) is 5. The first kappa shape index (κ1) is 17.1. The highest BCUT2D eigenvalue weighted by Crippen LogP contribution is 2.34. The molecule has 140 valence electrons. The van der Waals surface area contributed by atoms with Crippen LogP contribution in [0.4, 0.5) is 4.79 Å². The third-order valence-electron chi connectivity index (χ3n) is 4.39. The Balaban J connectivity index is 1.72. The van der Waals surface area contributed by atoms with Gasteiger partial charge >= 0.3 is 6.09 Å². The molecule has 0 bridgehead atoms. The van der Waals surface area contributed by atoms with E-state index in [9.17, 15) is 4.79 Å². The van der Waals surface area contributed by atoms with E-state index in [0.717, 1.165) is 28.5 Å². The molecule has 9 nitrogen and oxygen atoms in total. The van der Waals surface area contributed by atoms with E-state index in [1.807, 2.05) is 29.1 Å². The number of nitrogens with zero attached hydrogens (tertiary/aromatic N) is 5. The molecule has 1 aliphatic heterocycles. The van der Waals surface area contributed by atoms with Crippen molar-refractivity contribution in [3.05, 3.63) is 36.3 Å². The molecule has 3 heterocycles. The molecule has 0 saturated heterocycles. The fraction of sp³-hybridized carbons (Fsp3) is 0.333. The lowest BCUT2D eigenvalue weighted by atomic mass is 10.1. The van der Waals surface area contributed by atoms with Gasteiger partial charge in [-0.15, -0.1) is 0 Å². The summed E-state index contributed by atoms with van der Waals surface area (Å²) < 4.78 is 9.76. The summed E-state index contributed by atoms with van der Waals surface area (Å²) in [4.78, 5) is 19.9. The summed E-state index contributed by atoms with van der Waals surface area (Å²) in [5, 5.41) is 15.4. The molecule has 1 aromatic carbocycles. The molecule has 1 aliphatic rings. The van der Waals surface area contributed by atoms with Gasteiger partial charge in [0.05, 0.1) is 12.1 Å². The third kappa shape index (κ3) is 3.23. The fourth-order valence-corrected chi connectivity index (χ4v) is 3.13. The van der Waals surface area contributed by atoms with Crippen LogP contribution in [0.3, 0.4) is 0 Å². The number of fused-ring (bicyclic) bond motifs is 3. The number of nitrogens with one attached hydrogen (secondary N) is 1. The minimum absolute atomic E-state index is 0.184. The molecule has 0 fully saturated rings. The lowest BCUT2D eigenvalue weighted by molar-refractivity contribution is 0.194. The molecule has 0 saturated carbocycles. The van der Waals surface area contributed by atoms with Crippen LogP contribution in [0.2, 0.25) is 0 Å². The number of amides is 1. The van der Waals surface area contributed by atoms with Gasteiger partial charge in [-0.3, -0.25) is 0 Å². The van der Waals surface area contributed by atoms with Crippen LogP contribution < -0.4 is 10.1 Å². The number of hydrogen-bond donors (Lipinski definition) is 2. The number of carbonyl (C=O) groups is 1. The van der Waals surface area contributed by atoms with Crippen LogP contribution in [0, 0.1) is 0 Å². The van der Waals surface area contributed by atoms with Gasteiger partial charge in [0.25, 0.3) is 0 Å². The van der Waals surface area contributed by atoms with Crippen molar-refractivity contribution in [2.45, 2.75) is 33.0 Å². The van der Waals surface area contributed by atoms with E-state index >= 15 is 0 Å². The molecule has 1 amide bonds. The molecule has 0 radical (unpaired) electrons. The molecule has 0 unspecified atom stereocenters. The Hall–Kier alpha value is -3.36. The van der Waals surface area contributed by atoms with Crippen molar-refractivity contribution >= 4 is 6.09 Å². The summed E-state index contributed by atoms with van der Waals surface area (Å²) in [7, 11) is 0. The van der Waals surface area contributed by atoms with E-state index in [-0.39, 0.29) is 12.6 Å². The number of carboxylic acid groups (broad SMARTS) is 1. The molecule has 2 aromatic heterocycles. The first-order valence-electron chi connectivity index (χ1n) is 8.73. The maximum atomic E-state index is 10.7. The summed E-state index contributed by atoms with van der Waals surface area (Å²) in [5.74, 6) is 2.23. The smallest absolute Gasteiger partial charge is 0.404 e. The van der Waals surface area contributed by atoms with E-state index in [2.05, 4.69) is 33.8 Å². The van der Waals surface area contributed by atoms with Gasteiger partial charge in [-0.2, -0.15) is 5.10 Å². The zero-order valence-electron chi connectivity index (χ0n) is 15.1. The van der Waals surface area contributed by atoms with E-state index in [4.69, 9.17) is 14.8 Å². The Bertz CT molecular complexity index is 991. The monoisotopic (exact) mass is 368 g/mol. The molecule has 0 atom stereocenters. The van der Waals surface area contributed by atoms with Crippen LogP contribution in [-0.2, 0) is 13.1 Å². The van der Waals surface area contributed by atoms with E-state index in [1.54, 1.807) is 6.33 Å². The molecule has 4 rings (SSSR count). The average molecular weight is 368 g/mol. The molecule has 2 N–H and O–H groups in total. The van der Waals surface area contributed by atoms with Crippen LogP contribution >= 0.6 is 0 Å². The normalized spacial score (nSPS) is 12.9. The summed E-state index contributed by atoms with van der Waals surface area (Å²) >= 11 is 0. The van der Waals surface area contributed by atoms with Crippen LogP contribution in [0.25, 0.3) is 22.9 Å². The molecule has 0 spiro atoms. The van der Waals surface area contributed by atoms with Crippen molar-refractivity contribution in [3.63, 3.8) is 0 Å². The van der Waals surface area contributed by atoms with Crippen molar-refractivity contribution in [3.8, 4) is 28.7 Å². The highest BCUT2D eigenvalue weighted by Gasteiger charge is 2.21. The Kier molecular flexibility index (Phi) is 4.27. The summed E-state index contributed by atoms with van der Waals surface area (Å²) in [5.41, 5.74) is 2.46. The number of imidazole rings is 1. The van der Waals surface area contributed by atoms with E-state index < -0.39 is 6.09 Å². The van der Waals surface area contributed by atoms with Crippen molar-refractivity contribution < 1.29 is 14.6 Å². The maximum absolute atomic E-state index is 10.7. The summed E-state index contributed by atoms with van der Waals surface area (Å²) in [6, 6.07) is 5.82. The molecule has 9 heteroatoms. The third-order valence-corrected chi connectivity index (χ3v) is 4.39. The molecular weight excluding hydrogens is 348 g/mol. The van der Waals surface area contributed by atoms with E-state index in [1.165, 1.54) is 0 Å².